The van der Waals surface area contributed by atoms with Crippen LogP contribution in [0.4, 0.5) is 4.79 Å². The van der Waals surface area contributed by atoms with E-state index in [4.69, 9.17) is 14.7 Å². The second-order valence-electron chi connectivity index (χ2n) is 8.41. The van der Waals surface area contributed by atoms with Gasteiger partial charge >= 0.3 is 6.09 Å². The highest BCUT2D eigenvalue weighted by Gasteiger charge is 2.57. The van der Waals surface area contributed by atoms with Gasteiger partial charge in [-0.15, -0.1) is 11.3 Å². The van der Waals surface area contributed by atoms with Crippen molar-refractivity contribution in [3.05, 3.63) is 59.7 Å². The summed E-state index contributed by atoms with van der Waals surface area (Å²) in [6, 6.07) is 8.44. The number of carbonyl (C=O) groups is 1. The number of pyridine rings is 2. The lowest BCUT2D eigenvalue weighted by Gasteiger charge is -2.19. The molecule has 1 aliphatic heterocycles. The molecule has 6 nitrogen and oxygen atoms in total. The molecule has 0 radical (unpaired) electrons. The SMILES string of the molecule is COC(=O)[N+]1(C)CC1C=C1CCCc2ccc(-c3sc(-c4cccnc4)nc3C)nc21. The molecular formula is C24H25N4O2S+. The fourth-order valence-electron chi connectivity index (χ4n) is 4.30. The minimum absolute atomic E-state index is 0.168. The van der Waals surface area contributed by atoms with E-state index in [-0.39, 0.29) is 12.1 Å². The Kier molecular flexibility index (Phi) is 4.95. The van der Waals surface area contributed by atoms with Gasteiger partial charge in [-0.05, 0) is 61.6 Å². The van der Waals surface area contributed by atoms with E-state index in [2.05, 4.69) is 23.2 Å². The van der Waals surface area contributed by atoms with Crippen LogP contribution in [0, 0.1) is 6.92 Å². The fraction of sp³-hybridized carbons (Fsp3) is 0.333. The number of thiazole rings is 1. The Balaban J connectivity index is 1.49. The number of aryl methyl sites for hydroxylation is 2. The van der Waals surface area contributed by atoms with E-state index in [1.54, 1.807) is 17.5 Å². The highest BCUT2D eigenvalue weighted by molar-refractivity contribution is 7.18. The van der Waals surface area contributed by atoms with Gasteiger partial charge in [-0.25, -0.2) is 14.5 Å². The van der Waals surface area contributed by atoms with Crippen LogP contribution in [0.25, 0.3) is 26.7 Å². The molecule has 5 rings (SSSR count). The van der Waals surface area contributed by atoms with Crippen molar-refractivity contribution in [2.75, 3.05) is 20.7 Å². The first-order valence-corrected chi connectivity index (χ1v) is 11.3. The summed E-state index contributed by atoms with van der Waals surface area (Å²) in [7, 11) is 3.39. The summed E-state index contributed by atoms with van der Waals surface area (Å²) in [4.78, 5) is 27.2. The van der Waals surface area contributed by atoms with Crippen molar-refractivity contribution < 1.29 is 14.0 Å². The molecule has 1 aliphatic carbocycles. The summed E-state index contributed by atoms with van der Waals surface area (Å²) in [6.45, 7) is 2.82. The highest BCUT2D eigenvalue weighted by Crippen LogP contribution is 2.39. The summed E-state index contributed by atoms with van der Waals surface area (Å²) in [5.41, 5.74) is 6.56. The fourth-order valence-corrected chi connectivity index (χ4v) is 5.33. The molecule has 3 aromatic rings. The maximum atomic E-state index is 12.1. The first kappa shape index (κ1) is 20.0. The monoisotopic (exact) mass is 433 g/mol. The molecule has 1 fully saturated rings. The normalized spacial score (nSPS) is 23.5. The number of quaternary nitrogens is 1. The van der Waals surface area contributed by atoms with Crippen molar-refractivity contribution >= 4 is 23.0 Å². The van der Waals surface area contributed by atoms with E-state index in [9.17, 15) is 4.79 Å². The molecule has 31 heavy (non-hydrogen) atoms. The molecule has 1 saturated heterocycles. The molecule has 2 atom stereocenters. The van der Waals surface area contributed by atoms with Crippen LogP contribution in [0.2, 0.25) is 0 Å². The molecule has 3 aromatic heterocycles. The zero-order valence-electron chi connectivity index (χ0n) is 18.0. The number of amides is 1. The lowest BCUT2D eigenvalue weighted by atomic mass is 9.90. The van der Waals surface area contributed by atoms with Crippen molar-refractivity contribution in [1.82, 2.24) is 15.0 Å². The Labute approximate surface area is 185 Å². The lowest BCUT2D eigenvalue weighted by Crippen LogP contribution is -2.31. The molecule has 1 amide bonds. The molecule has 0 saturated carbocycles. The van der Waals surface area contributed by atoms with Crippen molar-refractivity contribution in [2.24, 2.45) is 0 Å². The number of carbonyl (C=O) groups excluding carboxylic acids is 1. The highest BCUT2D eigenvalue weighted by atomic mass is 32.1. The summed E-state index contributed by atoms with van der Waals surface area (Å²) in [5.74, 6) is 0. The van der Waals surface area contributed by atoms with Gasteiger partial charge in [0.05, 0.1) is 36.1 Å². The number of ether oxygens (including phenoxy) is 1. The van der Waals surface area contributed by atoms with Gasteiger partial charge in [0.1, 0.15) is 11.6 Å². The van der Waals surface area contributed by atoms with Crippen LogP contribution in [0.3, 0.4) is 0 Å². The van der Waals surface area contributed by atoms with E-state index in [0.29, 0.717) is 4.48 Å². The third-order valence-electron chi connectivity index (χ3n) is 6.26. The predicted molar refractivity (Wildman–Crippen MR) is 121 cm³/mol. The average Bonchev–Trinajstić information content (AvgIpc) is 3.29. The van der Waals surface area contributed by atoms with Gasteiger partial charge in [-0.2, -0.15) is 4.79 Å². The van der Waals surface area contributed by atoms with Crippen LogP contribution in [0.5, 0.6) is 0 Å². The first-order valence-electron chi connectivity index (χ1n) is 10.5. The van der Waals surface area contributed by atoms with Gasteiger partial charge in [0.25, 0.3) is 0 Å². The summed E-state index contributed by atoms with van der Waals surface area (Å²) >= 11 is 1.65. The van der Waals surface area contributed by atoms with Gasteiger partial charge in [0.15, 0.2) is 6.04 Å². The van der Waals surface area contributed by atoms with Crippen molar-refractivity contribution in [3.63, 3.8) is 0 Å². The van der Waals surface area contributed by atoms with Gasteiger partial charge in [-0.3, -0.25) is 4.98 Å². The Bertz CT molecular complexity index is 1190. The van der Waals surface area contributed by atoms with E-state index in [1.807, 2.05) is 32.3 Å². The molecule has 0 N–H and O–H groups in total. The number of allylic oxidation sites excluding steroid dienone is 1. The Hall–Kier alpha value is -2.90. The minimum atomic E-state index is -0.178. The van der Waals surface area contributed by atoms with E-state index >= 15 is 0 Å². The number of likely N-dealkylation sites (N-methyl/N-ethyl adjacent to an activating group) is 1. The van der Waals surface area contributed by atoms with Crippen molar-refractivity contribution in [3.8, 4) is 21.1 Å². The number of fused-ring (bicyclic) bond motifs is 1. The molecule has 0 bridgehead atoms. The molecule has 4 heterocycles. The number of nitrogens with zero attached hydrogens (tertiary/aromatic N) is 4. The number of methoxy groups -OCH3 is 1. The standard InChI is InChI=1S/C24H25N4O2S/c1-15-22(31-23(26-15)18-8-5-11-25-13-18)20-10-9-16-6-4-7-17(21(16)27-20)12-19-14-28(19,2)24(29)30-3/h5,8-13,19H,4,6-7,14H2,1-3H3/q+1. The Morgan fingerprint density at radius 1 is 1.26 bits per heavy atom. The zero-order valence-corrected chi connectivity index (χ0v) is 18.8. The zero-order chi connectivity index (χ0) is 21.6. The van der Waals surface area contributed by atoms with Gasteiger partial charge < -0.3 is 4.74 Å². The van der Waals surface area contributed by atoms with Gasteiger partial charge in [-0.1, -0.05) is 6.07 Å². The van der Waals surface area contributed by atoms with Gasteiger partial charge in [0.2, 0.25) is 0 Å². The molecule has 0 aromatic carbocycles. The number of rotatable bonds is 3. The third kappa shape index (κ3) is 3.58. The van der Waals surface area contributed by atoms with E-state index in [0.717, 1.165) is 58.3 Å². The maximum absolute atomic E-state index is 12.1. The average molecular weight is 434 g/mol. The van der Waals surface area contributed by atoms with Crippen molar-refractivity contribution in [2.45, 2.75) is 32.2 Å². The van der Waals surface area contributed by atoms with Crippen LogP contribution in [0.1, 0.15) is 29.8 Å². The van der Waals surface area contributed by atoms with Crippen LogP contribution < -0.4 is 0 Å². The Morgan fingerprint density at radius 3 is 2.90 bits per heavy atom. The maximum Gasteiger partial charge on any atom is 0.516 e. The first-order chi connectivity index (χ1) is 15.0. The van der Waals surface area contributed by atoms with Crippen LogP contribution >= 0.6 is 11.3 Å². The summed E-state index contributed by atoms with van der Waals surface area (Å²) in [6.07, 6.45) is 8.82. The second-order valence-corrected chi connectivity index (χ2v) is 9.41. The predicted octanol–water partition coefficient (Wildman–Crippen LogP) is 4.89. The molecule has 2 aliphatic rings. The van der Waals surface area contributed by atoms with Crippen LogP contribution in [0.15, 0.2) is 42.7 Å². The molecule has 2 unspecified atom stereocenters. The van der Waals surface area contributed by atoms with Crippen molar-refractivity contribution in [1.29, 1.82) is 0 Å². The smallest absolute Gasteiger partial charge is 0.423 e. The van der Waals surface area contributed by atoms with Crippen LogP contribution in [-0.4, -0.2) is 52.3 Å². The van der Waals surface area contributed by atoms with E-state index in [1.165, 1.54) is 18.2 Å². The van der Waals surface area contributed by atoms with Crippen LogP contribution in [-0.2, 0) is 11.2 Å². The van der Waals surface area contributed by atoms with E-state index < -0.39 is 0 Å². The second kappa shape index (κ2) is 7.66. The quantitative estimate of drug-likeness (QED) is 0.435. The third-order valence-corrected chi connectivity index (χ3v) is 7.49. The molecular weight excluding hydrogens is 408 g/mol. The molecule has 158 valence electrons. The summed E-state index contributed by atoms with van der Waals surface area (Å²) in [5, 5.41) is 0.958. The largest absolute Gasteiger partial charge is 0.516 e. The number of hydrogen-bond acceptors (Lipinski definition) is 6. The molecule has 7 heteroatoms. The Morgan fingerprint density at radius 2 is 2.13 bits per heavy atom. The van der Waals surface area contributed by atoms with Gasteiger partial charge in [0, 0.05) is 18.0 Å². The lowest BCUT2D eigenvalue weighted by molar-refractivity contribution is -0.708. The minimum Gasteiger partial charge on any atom is -0.423 e. The number of aromatic nitrogens is 3. The molecule has 0 spiro atoms. The summed E-state index contributed by atoms with van der Waals surface area (Å²) < 4.78 is 5.29. The number of hydrogen-bond donors (Lipinski definition) is 0. The topological polar surface area (TPSA) is 65.0 Å².